The zero-order valence-electron chi connectivity index (χ0n) is 16.9. The normalized spacial score (nSPS) is 10.4. The van der Waals surface area contributed by atoms with Crippen LogP contribution in [-0.2, 0) is 11.3 Å². The number of benzene rings is 1. The summed E-state index contributed by atoms with van der Waals surface area (Å²) in [5, 5.41) is 7.59. The van der Waals surface area contributed by atoms with Crippen LogP contribution in [0.5, 0.6) is 17.2 Å². The van der Waals surface area contributed by atoms with Gasteiger partial charge in [0, 0.05) is 17.9 Å². The first-order valence-electron chi connectivity index (χ1n) is 8.85. The van der Waals surface area contributed by atoms with Crippen molar-refractivity contribution in [3.05, 3.63) is 41.0 Å². The van der Waals surface area contributed by atoms with E-state index in [1.807, 2.05) is 0 Å². The Labute approximate surface area is 177 Å². The number of amides is 2. The van der Waals surface area contributed by atoms with Gasteiger partial charge in [-0.05, 0) is 24.3 Å². The number of nitrogens with one attached hydrogen (secondary N) is 2. The molecule has 0 aliphatic carbocycles. The molecule has 2 amide bonds. The summed E-state index contributed by atoms with van der Waals surface area (Å²) in [4.78, 5) is 28.1. The van der Waals surface area contributed by atoms with Crippen LogP contribution in [0, 0.1) is 0 Å². The van der Waals surface area contributed by atoms with Crippen molar-refractivity contribution in [3.8, 4) is 28.7 Å². The number of hydrogen-bond donors (Lipinski definition) is 2. The van der Waals surface area contributed by atoms with Gasteiger partial charge in [0.15, 0.2) is 22.4 Å². The van der Waals surface area contributed by atoms with Crippen LogP contribution in [0.2, 0.25) is 0 Å². The van der Waals surface area contributed by atoms with Crippen LogP contribution in [0.15, 0.2) is 34.1 Å². The van der Waals surface area contributed by atoms with E-state index in [0.717, 1.165) is 0 Å². The number of aromatic nitrogens is 1. The number of nitrogens with zero attached hydrogens (tertiary/aromatic N) is 1. The van der Waals surface area contributed by atoms with E-state index in [1.165, 1.54) is 39.6 Å². The summed E-state index contributed by atoms with van der Waals surface area (Å²) in [7, 11) is 4.46. The van der Waals surface area contributed by atoms with Gasteiger partial charge in [-0.2, -0.15) is 0 Å². The summed E-state index contributed by atoms with van der Waals surface area (Å²) in [5.74, 6) is 1.80. The Hall–Kier alpha value is -3.53. The van der Waals surface area contributed by atoms with Crippen molar-refractivity contribution in [1.82, 2.24) is 10.3 Å². The van der Waals surface area contributed by atoms with Crippen molar-refractivity contribution in [2.75, 3.05) is 26.6 Å². The lowest BCUT2D eigenvalue weighted by molar-refractivity contribution is -0.119. The van der Waals surface area contributed by atoms with Crippen LogP contribution in [-0.4, -0.2) is 38.1 Å². The van der Waals surface area contributed by atoms with Crippen LogP contribution in [0.25, 0.3) is 11.5 Å². The summed E-state index contributed by atoms with van der Waals surface area (Å²) in [5.41, 5.74) is 0.908. The molecular weight excluding hydrogens is 410 g/mol. The first-order valence-corrected chi connectivity index (χ1v) is 9.73. The standard InChI is InChI=1S/C20H21N3O6S/c1-11(24)21-9-13-5-6-15(29-13)14-10-30-20(22-14)23-19(25)12-7-16(26-2)18(28-4)17(8-12)27-3/h5-8,10H,9H2,1-4H3,(H,21,24)(H,22,23,25). The minimum absolute atomic E-state index is 0.140. The number of carbonyl (C=O) groups excluding carboxylic acids is 2. The maximum absolute atomic E-state index is 12.7. The summed E-state index contributed by atoms with van der Waals surface area (Å²) in [6, 6.07) is 6.65. The number of carbonyl (C=O) groups is 2. The molecule has 0 atom stereocenters. The van der Waals surface area contributed by atoms with Gasteiger partial charge in [-0.15, -0.1) is 11.3 Å². The number of furan rings is 1. The van der Waals surface area contributed by atoms with Gasteiger partial charge in [0.1, 0.15) is 11.5 Å². The largest absolute Gasteiger partial charge is 0.493 e. The quantitative estimate of drug-likeness (QED) is 0.563. The molecule has 0 saturated carbocycles. The first kappa shape index (κ1) is 21.2. The van der Waals surface area contributed by atoms with E-state index < -0.39 is 0 Å². The monoisotopic (exact) mass is 431 g/mol. The number of methoxy groups -OCH3 is 3. The van der Waals surface area contributed by atoms with E-state index in [1.54, 1.807) is 29.6 Å². The Balaban J connectivity index is 1.74. The zero-order valence-corrected chi connectivity index (χ0v) is 17.7. The zero-order chi connectivity index (χ0) is 21.7. The molecule has 2 aromatic heterocycles. The lowest BCUT2D eigenvalue weighted by Crippen LogP contribution is -2.18. The number of hydrogen-bond acceptors (Lipinski definition) is 8. The number of thiazole rings is 1. The molecule has 0 unspecified atom stereocenters. The van der Waals surface area contributed by atoms with E-state index in [-0.39, 0.29) is 11.8 Å². The Bertz CT molecular complexity index is 1030. The molecule has 30 heavy (non-hydrogen) atoms. The Morgan fingerprint density at radius 2 is 1.80 bits per heavy atom. The molecule has 0 bridgehead atoms. The van der Waals surface area contributed by atoms with Crippen molar-refractivity contribution < 1.29 is 28.2 Å². The molecule has 3 aromatic rings. The fourth-order valence-corrected chi connectivity index (χ4v) is 3.34. The average Bonchev–Trinajstić information content (AvgIpc) is 3.40. The first-order chi connectivity index (χ1) is 14.4. The third-order valence-electron chi connectivity index (χ3n) is 4.08. The second-order valence-corrected chi connectivity index (χ2v) is 6.94. The van der Waals surface area contributed by atoms with Gasteiger partial charge < -0.3 is 23.9 Å². The highest BCUT2D eigenvalue weighted by Gasteiger charge is 2.18. The minimum atomic E-state index is -0.374. The van der Waals surface area contributed by atoms with Gasteiger partial charge in [0.05, 0.1) is 27.9 Å². The molecule has 0 fully saturated rings. The highest BCUT2D eigenvalue weighted by Crippen LogP contribution is 2.38. The lowest BCUT2D eigenvalue weighted by atomic mass is 10.1. The third kappa shape index (κ3) is 4.71. The van der Waals surface area contributed by atoms with Gasteiger partial charge in [-0.1, -0.05) is 0 Å². The molecule has 0 radical (unpaired) electrons. The second kappa shape index (κ2) is 9.31. The van der Waals surface area contributed by atoms with Gasteiger partial charge in [-0.25, -0.2) is 4.98 Å². The van der Waals surface area contributed by atoms with Crippen LogP contribution in [0.3, 0.4) is 0 Å². The topological polar surface area (TPSA) is 112 Å². The van der Waals surface area contributed by atoms with Crippen molar-refractivity contribution >= 4 is 28.3 Å². The molecule has 2 N–H and O–H groups in total. The summed E-state index contributed by atoms with van der Waals surface area (Å²) < 4.78 is 21.5. The predicted molar refractivity (Wildman–Crippen MR) is 111 cm³/mol. The highest BCUT2D eigenvalue weighted by atomic mass is 32.1. The van der Waals surface area contributed by atoms with Crippen LogP contribution in [0.1, 0.15) is 23.0 Å². The molecule has 0 saturated heterocycles. The van der Waals surface area contributed by atoms with Gasteiger partial charge in [0.2, 0.25) is 11.7 Å². The fourth-order valence-electron chi connectivity index (χ4n) is 2.65. The highest BCUT2D eigenvalue weighted by molar-refractivity contribution is 7.14. The van der Waals surface area contributed by atoms with Crippen molar-refractivity contribution in [2.45, 2.75) is 13.5 Å². The summed E-state index contributed by atoms with van der Waals surface area (Å²) in [6.07, 6.45) is 0. The van der Waals surface area contributed by atoms with E-state index in [4.69, 9.17) is 18.6 Å². The molecule has 2 heterocycles. The molecule has 0 spiro atoms. The van der Waals surface area contributed by atoms with Gasteiger partial charge in [-0.3, -0.25) is 14.9 Å². The Kier molecular flexibility index (Phi) is 6.58. The molecule has 158 valence electrons. The summed E-state index contributed by atoms with van der Waals surface area (Å²) >= 11 is 1.26. The molecule has 10 heteroatoms. The smallest absolute Gasteiger partial charge is 0.257 e. The molecule has 0 aliphatic rings. The molecular formula is C20H21N3O6S. The lowest BCUT2D eigenvalue weighted by Gasteiger charge is -2.13. The van der Waals surface area contributed by atoms with Crippen molar-refractivity contribution in [2.24, 2.45) is 0 Å². The van der Waals surface area contributed by atoms with Gasteiger partial charge >= 0.3 is 0 Å². The Morgan fingerprint density at radius 3 is 2.40 bits per heavy atom. The SMILES string of the molecule is COc1cc(C(=O)Nc2nc(-c3ccc(CNC(C)=O)o3)cs2)cc(OC)c1OC. The fraction of sp³-hybridized carbons (Fsp3) is 0.250. The van der Waals surface area contributed by atoms with Crippen LogP contribution >= 0.6 is 11.3 Å². The predicted octanol–water partition coefficient (Wildman–Crippen LogP) is 3.32. The molecule has 1 aromatic carbocycles. The Morgan fingerprint density at radius 1 is 1.10 bits per heavy atom. The van der Waals surface area contributed by atoms with E-state index in [0.29, 0.717) is 51.7 Å². The maximum Gasteiger partial charge on any atom is 0.257 e. The van der Waals surface area contributed by atoms with Crippen molar-refractivity contribution in [1.29, 1.82) is 0 Å². The average molecular weight is 431 g/mol. The minimum Gasteiger partial charge on any atom is -0.493 e. The van der Waals surface area contributed by atoms with Crippen LogP contribution in [0.4, 0.5) is 5.13 Å². The van der Waals surface area contributed by atoms with E-state index >= 15 is 0 Å². The molecule has 9 nitrogen and oxygen atoms in total. The third-order valence-corrected chi connectivity index (χ3v) is 4.83. The maximum atomic E-state index is 12.7. The molecule has 3 rings (SSSR count). The van der Waals surface area contributed by atoms with Crippen molar-refractivity contribution in [3.63, 3.8) is 0 Å². The number of anilines is 1. The van der Waals surface area contributed by atoms with Crippen LogP contribution < -0.4 is 24.8 Å². The summed E-state index contributed by atoms with van der Waals surface area (Å²) in [6.45, 7) is 1.73. The van der Waals surface area contributed by atoms with Gasteiger partial charge in [0.25, 0.3) is 5.91 Å². The molecule has 0 aliphatic heterocycles. The van der Waals surface area contributed by atoms with E-state index in [2.05, 4.69) is 15.6 Å². The van der Waals surface area contributed by atoms with E-state index in [9.17, 15) is 9.59 Å². The number of rotatable bonds is 8. The second-order valence-electron chi connectivity index (χ2n) is 6.08. The number of ether oxygens (including phenoxy) is 3.